The largest absolute Gasteiger partial charge is 0.324 e. The van der Waals surface area contributed by atoms with Crippen molar-refractivity contribution in [3.8, 4) is 0 Å². The molecule has 9 heavy (non-hydrogen) atoms. The smallest absolute Gasteiger partial charge is 0.0184 e. The molecule has 0 heterocycles. The average Bonchev–Trinajstić information content (AvgIpc) is 1.63. The summed E-state index contributed by atoms with van der Waals surface area (Å²) in [6.45, 7) is 4.49. The molecular weight excluding hydrogens is 129 g/mol. The molecule has 1 nitrogen and oxygen atoms in total. The van der Waals surface area contributed by atoms with Crippen LogP contribution in [0.3, 0.4) is 0 Å². The van der Waals surface area contributed by atoms with Crippen LogP contribution in [0.4, 0.5) is 0 Å². The van der Waals surface area contributed by atoms with Crippen molar-refractivity contribution in [2.24, 2.45) is 11.7 Å². The third kappa shape index (κ3) is 8.39. The Kier molecular flexibility index (Phi) is 5.42. The van der Waals surface area contributed by atoms with E-state index >= 15 is 0 Å². The van der Waals surface area contributed by atoms with E-state index in [1.165, 1.54) is 12.8 Å². The molecule has 0 aromatic rings. The van der Waals surface area contributed by atoms with Gasteiger partial charge in [0.05, 0.1) is 0 Å². The van der Waals surface area contributed by atoms with E-state index in [1.807, 2.05) is 0 Å². The second-order valence-electron chi connectivity index (χ2n) is 2.99. The minimum Gasteiger partial charge on any atom is -0.324 e. The molecule has 0 aromatic carbocycles. The predicted molar refractivity (Wildman–Crippen MR) is 46.4 cm³/mol. The van der Waals surface area contributed by atoms with E-state index in [9.17, 15) is 0 Å². The average molecular weight is 147 g/mol. The zero-order valence-corrected chi connectivity index (χ0v) is 7.59. The SMILES string of the molecule is CC(C)CCCC(N)P. The molecular formula is C7H18NP. The Hall–Kier alpha value is 0.390. The molecule has 0 fully saturated rings. The Balaban J connectivity index is 2.91. The molecule has 0 saturated heterocycles. The Morgan fingerprint density at radius 2 is 1.89 bits per heavy atom. The highest BCUT2D eigenvalue weighted by atomic mass is 31.0. The monoisotopic (exact) mass is 147 g/mol. The van der Waals surface area contributed by atoms with Crippen molar-refractivity contribution in [2.45, 2.75) is 38.9 Å². The number of hydrogen-bond acceptors (Lipinski definition) is 1. The van der Waals surface area contributed by atoms with Crippen molar-refractivity contribution >= 4 is 9.24 Å². The molecule has 0 aliphatic rings. The Bertz CT molecular complexity index is 53.9. The van der Waals surface area contributed by atoms with Crippen molar-refractivity contribution in [1.82, 2.24) is 0 Å². The zero-order chi connectivity index (χ0) is 7.28. The van der Waals surface area contributed by atoms with Crippen LogP contribution in [0.15, 0.2) is 0 Å². The van der Waals surface area contributed by atoms with Gasteiger partial charge in [0, 0.05) is 5.78 Å². The van der Waals surface area contributed by atoms with Crippen molar-refractivity contribution < 1.29 is 0 Å². The van der Waals surface area contributed by atoms with Gasteiger partial charge in [0.2, 0.25) is 0 Å². The van der Waals surface area contributed by atoms with Crippen LogP contribution in [0.25, 0.3) is 0 Å². The highest BCUT2D eigenvalue weighted by molar-refractivity contribution is 7.17. The van der Waals surface area contributed by atoms with E-state index in [0.717, 1.165) is 12.3 Å². The summed E-state index contributed by atoms with van der Waals surface area (Å²) in [4.78, 5) is 0. The highest BCUT2D eigenvalue weighted by Crippen LogP contribution is 2.09. The standard InChI is InChI=1S/C7H18NP/c1-6(2)4-3-5-7(8)9/h6-7H,3-5,8-9H2,1-2H3. The fourth-order valence-electron chi connectivity index (χ4n) is 0.762. The van der Waals surface area contributed by atoms with Gasteiger partial charge in [-0.2, -0.15) is 0 Å². The van der Waals surface area contributed by atoms with E-state index in [2.05, 4.69) is 23.1 Å². The maximum absolute atomic E-state index is 5.54. The van der Waals surface area contributed by atoms with Crippen molar-refractivity contribution in [3.05, 3.63) is 0 Å². The number of hydrogen-bond donors (Lipinski definition) is 1. The third-order valence-corrected chi connectivity index (χ3v) is 1.65. The Labute approximate surface area is 60.6 Å². The Morgan fingerprint density at radius 3 is 2.22 bits per heavy atom. The summed E-state index contributed by atoms with van der Waals surface area (Å²) in [5, 5.41) is 0. The molecule has 0 saturated carbocycles. The lowest BCUT2D eigenvalue weighted by molar-refractivity contribution is 0.534. The highest BCUT2D eigenvalue weighted by Gasteiger charge is 1.96. The van der Waals surface area contributed by atoms with Gasteiger partial charge in [-0.3, -0.25) is 0 Å². The number of nitrogens with two attached hydrogens (primary N) is 1. The van der Waals surface area contributed by atoms with Crippen LogP contribution in [-0.4, -0.2) is 5.78 Å². The molecule has 0 aliphatic heterocycles. The zero-order valence-electron chi connectivity index (χ0n) is 6.43. The molecule has 0 aliphatic carbocycles. The lowest BCUT2D eigenvalue weighted by atomic mass is 10.1. The van der Waals surface area contributed by atoms with Crippen molar-refractivity contribution in [2.75, 3.05) is 0 Å². The topological polar surface area (TPSA) is 26.0 Å². The van der Waals surface area contributed by atoms with Crippen LogP contribution >= 0.6 is 9.24 Å². The molecule has 2 N–H and O–H groups in total. The molecule has 2 atom stereocenters. The molecule has 56 valence electrons. The minimum absolute atomic E-state index is 0.309. The van der Waals surface area contributed by atoms with E-state index in [0.29, 0.717) is 5.78 Å². The second kappa shape index (κ2) is 5.20. The predicted octanol–water partition coefficient (Wildman–Crippen LogP) is 1.97. The van der Waals surface area contributed by atoms with Crippen LogP contribution < -0.4 is 5.73 Å². The molecule has 0 aromatic heterocycles. The molecule has 0 amide bonds. The summed E-state index contributed by atoms with van der Waals surface area (Å²) in [5.41, 5.74) is 5.54. The fraction of sp³-hybridized carbons (Fsp3) is 1.00. The van der Waals surface area contributed by atoms with Crippen molar-refractivity contribution in [3.63, 3.8) is 0 Å². The fourth-order valence-corrected chi connectivity index (χ4v) is 0.998. The first-order valence-electron chi connectivity index (χ1n) is 3.64. The van der Waals surface area contributed by atoms with Gasteiger partial charge < -0.3 is 5.73 Å². The van der Waals surface area contributed by atoms with Crippen LogP contribution in [0.2, 0.25) is 0 Å². The van der Waals surface area contributed by atoms with E-state index < -0.39 is 0 Å². The van der Waals surface area contributed by atoms with Crippen LogP contribution in [-0.2, 0) is 0 Å². The molecule has 2 unspecified atom stereocenters. The minimum atomic E-state index is 0.309. The van der Waals surface area contributed by atoms with Gasteiger partial charge in [-0.05, 0) is 12.3 Å². The van der Waals surface area contributed by atoms with Crippen LogP contribution in [0.5, 0.6) is 0 Å². The van der Waals surface area contributed by atoms with Gasteiger partial charge in [-0.15, -0.1) is 9.24 Å². The first-order chi connectivity index (χ1) is 4.13. The molecule has 2 heteroatoms. The summed E-state index contributed by atoms with van der Waals surface area (Å²) in [7, 11) is 2.62. The first kappa shape index (κ1) is 9.39. The van der Waals surface area contributed by atoms with Gasteiger partial charge >= 0.3 is 0 Å². The van der Waals surface area contributed by atoms with Crippen LogP contribution in [0, 0.1) is 5.92 Å². The molecule has 0 radical (unpaired) electrons. The molecule has 0 rings (SSSR count). The first-order valence-corrected chi connectivity index (χ1v) is 4.30. The van der Waals surface area contributed by atoms with Gasteiger partial charge in [0.1, 0.15) is 0 Å². The van der Waals surface area contributed by atoms with E-state index in [4.69, 9.17) is 5.73 Å². The summed E-state index contributed by atoms with van der Waals surface area (Å²) in [5.74, 6) is 1.14. The number of rotatable bonds is 4. The lowest BCUT2D eigenvalue weighted by Gasteiger charge is -2.05. The normalized spacial score (nSPS) is 14.3. The maximum atomic E-state index is 5.54. The summed E-state index contributed by atoms with van der Waals surface area (Å²) in [6, 6.07) is 0. The third-order valence-electron chi connectivity index (χ3n) is 1.32. The molecule has 0 bridgehead atoms. The van der Waals surface area contributed by atoms with Gasteiger partial charge in [-0.25, -0.2) is 0 Å². The van der Waals surface area contributed by atoms with Gasteiger partial charge in [-0.1, -0.05) is 26.7 Å². The Morgan fingerprint density at radius 1 is 1.33 bits per heavy atom. The van der Waals surface area contributed by atoms with Crippen molar-refractivity contribution in [1.29, 1.82) is 0 Å². The van der Waals surface area contributed by atoms with Gasteiger partial charge in [0.15, 0.2) is 0 Å². The van der Waals surface area contributed by atoms with Crippen LogP contribution in [0.1, 0.15) is 33.1 Å². The second-order valence-corrected chi connectivity index (χ2v) is 3.84. The van der Waals surface area contributed by atoms with Gasteiger partial charge in [0.25, 0.3) is 0 Å². The lowest BCUT2D eigenvalue weighted by Crippen LogP contribution is -2.10. The van der Waals surface area contributed by atoms with E-state index in [1.54, 1.807) is 0 Å². The van der Waals surface area contributed by atoms with E-state index in [-0.39, 0.29) is 0 Å². The molecule has 0 spiro atoms. The summed E-state index contributed by atoms with van der Waals surface area (Å²) >= 11 is 0. The summed E-state index contributed by atoms with van der Waals surface area (Å²) in [6.07, 6.45) is 3.72. The maximum Gasteiger partial charge on any atom is 0.0184 e. The summed E-state index contributed by atoms with van der Waals surface area (Å²) < 4.78 is 0. The quantitative estimate of drug-likeness (QED) is 0.604.